The highest BCUT2D eigenvalue weighted by Crippen LogP contribution is 2.48. The second-order valence-corrected chi connectivity index (χ2v) is 11.4. The lowest BCUT2D eigenvalue weighted by Crippen LogP contribution is -2.44. The molecule has 0 spiro atoms. The number of rotatable bonds is 5. The number of ether oxygens (including phenoxy) is 2. The Bertz CT molecular complexity index is 1300. The zero-order chi connectivity index (χ0) is 25.8. The van der Waals surface area contributed by atoms with Gasteiger partial charge in [0.05, 0.1) is 16.8 Å². The summed E-state index contributed by atoms with van der Waals surface area (Å²) in [5, 5.41) is 12.2. The molecule has 1 fully saturated rings. The number of hydrogen-bond donors (Lipinski definition) is 1. The van der Waals surface area contributed by atoms with Crippen LogP contribution >= 0.6 is 11.6 Å². The van der Waals surface area contributed by atoms with Crippen LogP contribution in [0.2, 0.25) is 5.02 Å². The van der Waals surface area contributed by atoms with Crippen molar-refractivity contribution in [2.45, 2.75) is 71.8 Å². The summed E-state index contributed by atoms with van der Waals surface area (Å²) in [5.74, 6) is -0.987. The van der Waals surface area contributed by atoms with Crippen LogP contribution < -0.4 is 4.90 Å². The van der Waals surface area contributed by atoms with Crippen LogP contribution in [-0.4, -0.2) is 47.0 Å². The molecule has 36 heavy (non-hydrogen) atoms. The molecule has 2 aliphatic heterocycles. The van der Waals surface area contributed by atoms with E-state index >= 15 is 0 Å². The highest BCUT2D eigenvalue weighted by molar-refractivity contribution is 6.30. The van der Waals surface area contributed by atoms with Crippen LogP contribution in [0, 0.1) is 13.8 Å². The van der Waals surface area contributed by atoms with Crippen molar-refractivity contribution in [1.82, 2.24) is 4.57 Å². The first-order valence-electron chi connectivity index (χ1n) is 12.7. The SMILES string of the molecule is Cc1c([C@H](OC(C)(C)C)C(=O)O)c(-c2ccc(Cl)cc2)c2cc(C)n3c2c1N(C1CCOCC1)CC3. The lowest BCUT2D eigenvalue weighted by atomic mass is 9.86. The van der Waals surface area contributed by atoms with Crippen LogP contribution in [0.5, 0.6) is 0 Å². The van der Waals surface area contributed by atoms with Crippen LogP contribution in [-0.2, 0) is 20.8 Å². The number of anilines is 1. The molecule has 3 aromatic rings. The maximum Gasteiger partial charge on any atom is 0.337 e. The third-order valence-electron chi connectivity index (χ3n) is 7.40. The molecular weight excluding hydrogens is 476 g/mol. The predicted octanol–water partition coefficient (Wildman–Crippen LogP) is 6.52. The number of halogens is 1. The Labute approximate surface area is 217 Å². The Morgan fingerprint density at radius 3 is 2.42 bits per heavy atom. The molecule has 0 radical (unpaired) electrons. The lowest BCUT2D eigenvalue weighted by Gasteiger charge is -2.41. The summed E-state index contributed by atoms with van der Waals surface area (Å²) in [7, 11) is 0. The van der Waals surface area contributed by atoms with Crippen molar-refractivity contribution in [3.05, 3.63) is 52.2 Å². The molecule has 2 aliphatic rings. The number of benzene rings is 2. The fourth-order valence-electron chi connectivity index (χ4n) is 5.92. The minimum absolute atomic E-state index is 0.366. The summed E-state index contributed by atoms with van der Waals surface area (Å²) in [6.07, 6.45) is 0.823. The van der Waals surface area contributed by atoms with Crippen LogP contribution in [0.4, 0.5) is 5.69 Å². The van der Waals surface area contributed by atoms with Crippen LogP contribution in [0.3, 0.4) is 0 Å². The van der Waals surface area contributed by atoms with Crippen molar-refractivity contribution in [2.24, 2.45) is 0 Å². The van der Waals surface area contributed by atoms with E-state index in [0.717, 1.165) is 72.5 Å². The van der Waals surface area contributed by atoms with Gasteiger partial charge in [-0.2, -0.15) is 0 Å². The molecule has 0 saturated carbocycles. The van der Waals surface area contributed by atoms with E-state index in [1.165, 1.54) is 11.2 Å². The van der Waals surface area contributed by atoms with E-state index in [0.29, 0.717) is 11.1 Å². The van der Waals surface area contributed by atoms with Gasteiger partial charge in [0.25, 0.3) is 0 Å². The Morgan fingerprint density at radius 1 is 1.14 bits per heavy atom. The first-order valence-corrected chi connectivity index (χ1v) is 13.1. The van der Waals surface area contributed by atoms with Gasteiger partial charge in [-0.05, 0) is 82.3 Å². The molecule has 0 aliphatic carbocycles. The molecule has 0 unspecified atom stereocenters. The highest BCUT2D eigenvalue weighted by Gasteiger charge is 2.37. The number of nitrogens with zero attached hydrogens (tertiary/aromatic N) is 2. The molecule has 1 saturated heterocycles. The van der Waals surface area contributed by atoms with Gasteiger partial charge in [0.15, 0.2) is 6.10 Å². The van der Waals surface area contributed by atoms with E-state index in [-0.39, 0.29) is 0 Å². The summed E-state index contributed by atoms with van der Waals surface area (Å²) in [6.45, 7) is 13.2. The average Bonchev–Trinajstić information content (AvgIpc) is 3.17. The number of carbonyl (C=O) groups is 1. The fourth-order valence-corrected chi connectivity index (χ4v) is 6.05. The van der Waals surface area contributed by atoms with Crippen molar-refractivity contribution in [3.63, 3.8) is 0 Å². The van der Waals surface area contributed by atoms with Gasteiger partial charge in [0.1, 0.15) is 0 Å². The number of aliphatic carboxylic acids is 1. The summed E-state index contributed by atoms with van der Waals surface area (Å²) < 4.78 is 14.3. The normalized spacial score (nSPS) is 17.6. The molecule has 2 aromatic carbocycles. The number of carboxylic acid groups (broad SMARTS) is 1. The smallest absolute Gasteiger partial charge is 0.337 e. The van der Waals surface area contributed by atoms with Gasteiger partial charge >= 0.3 is 5.97 Å². The molecule has 5 rings (SSSR count). The lowest BCUT2D eigenvalue weighted by molar-refractivity contribution is -0.160. The average molecular weight is 511 g/mol. The second kappa shape index (κ2) is 9.40. The predicted molar refractivity (Wildman–Crippen MR) is 144 cm³/mol. The summed E-state index contributed by atoms with van der Waals surface area (Å²) in [4.78, 5) is 15.3. The molecule has 6 nitrogen and oxygen atoms in total. The molecule has 1 N–H and O–H groups in total. The van der Waals surface area contributed by atoms with E-state index in [1.54, 1.807) is 0 Å². The van der Waals surface area contributed by atoms with Crippen molar-refractivity contribution >= 4 is 34.2 Å². The quantitative estimate of drug-likeness (QED) is 0.423. The van der Waals surface area contributed by atoms with Gasteiger partial charge in [-0.15, -0.1) is 0 Å². The van der Waals surface area contributed by atoms with Gasteiger partial charge < -0.3 is 24.0 Å². The van der Waals surface area contributed by atoms with Gasteiger partial charge in [-0.3, -0.25) is 0 Å². The zero-order valence-corrected chi connectivity index (χ0v) is 22.5. The topological polar surface area (TPSA) is 63.9 Å². The summed E-state index contributed by atoms with van der Waals surface area (Å²) >= 11 is 6.24. The standard InChI is InChI=1S/C29H35ClN2O4/c1-17-16-22-24(19-6-8-20(30)9-7-19)23(27(28(33)34)36-29(3,4)5)18(2)25-26(22)31(17)12-13-32(25)21-10-14-35-15-11-21/h6-9,16,21,27H,10-15H2,1-5H3,(H,33,34)/t27-/m0/s1. The van der Waals surface area contributed by atoms with E-state index in [2.05, 4.69) is 29.4 Å². The maximum absolute atomic E-state index is 12.8. The van der Waals surface area contributed by atoms with Crippen molar-refractivity contribution < 1.29 is 19.4 Å². The third kappa shape index (κ3) is 4.40. The maximum atomic E-state index is 12.8. The molecule has 1 aromatic heterocycles. The first kappa shape index (κ1) is 25.1. The van der Waals surface area contributed by atoms with E-state index in [1.807, 2.05) is 45.0 Å². The summed E-state index contributed by atoms with van der Waals surface area (Å²) in [5.41, 5.74) is 6.38. The Hall–Kier alpha value is -2.54. The molecule has 7 heteroatoms. The molecular formula is C29H35ClN2O4. The number of aromatic nitrogens is 1. The van der Waals surface area contributed by atoms with Crippen molar-refractivity contribution in [3.8, 4) is 11.1 Å². The molecule has 0 amide bonds. The second-order valence-electron chi connectivity index (χ2n) is 11.0. The van der Waals surface area contributed by atoms with E-state index in [4.69, 9.17) is 21.1 Å². The van der Waals surface area contributed by atoms with Crippen molar-refractivity contribution in [2.75, 3.05) is 24.7 Å². The third-order valence-corrected chi connectivity index (χ3v) is 7.65. The molecule has 192 valence electrons. The number of aryl methyl sites for hydroxylation is 1. The van der Waals surface area contributed by atoms with Gasteiger partial charge in [-0.25, -0.2) is 4.79 Å². The minimum Gasteiger partial charge on any atom is -0.479 e. The number of carboxylic acids is 1. The monoisotopic (exact) mass is 510 g/mol. The minimum atomic E-state index is -1.11. The molecule has 0 bridgehead atoms. The van der Waals surface area contributed by atoms with Crippen molar-refractivity contribution in [1.29, 1.82) is 0 Å². The van der Waals surface area contributed by atoms with Crippen LogP contribution in [0.25, 0.3) is 22.0 Å². The molecule has 1 atom stereocenters. The highest BCUT2D eigenvalue weighted by atomic mass is 35.5. The van der Waals surface area contributed by atoms with E-state index in [9.17, 15) is 9.90 Å². The van der Waals surface area contributed by atoms with Crippen LogP contribution in [0.1, 0.15) is 56.5 Å². The Balaban J connectivity index is 1.86. The van der Waals surface area contributed by atoms with Crippen LogP contribution in [0.15, 0.2) is 30.3 Å². The zero-order valence-electron chi connectivity index (χ0n) is 21.7. The van der Waals surface area contributed by atoms with Gasteiger partial charge in [0.2, 0.25) is 0 Å². The number of hydrogen-bond acceptors (Lipinski definition) is 4. The largest absolute Gasteiger partial charge is 0.479 e. The van der Waals surface area contributed by atoms with Gasteiger partial charge in [-0.1, -0.05) is 23.7 Å². The van der Waals surface area contributed by atoms with Gasteiger partial charge in [0, 0.05) is 54.0 Å². The Morgan fingerprint density at radius 2 is 1.81 bits per heavy atom. The Kier molecular flexibility index (Phi) is 6.56. The summed E-state index contributed by atoms with van der Waals surface area (Å²) in [6, 6.07) is 10.2. The van der Waals surface area contributed by atoms with E-state index < -0.39 is 17.7 Å². The fraction of sp³-hybridized carbons (Fsp3) is 0.483. The molecule has 3 heterocycles. The first-order chi connectivity index (χ1) is 17.1.